The van der Waals surface area contributed by atoms with Gasteiger partial charge in [0.2, 0.25) is 6.79 Å². The first-order valence-electron chi connectivity index (χ1n) is 6.85. The van der Waals surface area contributed by atoms with Crippen molar-refractivity contribution in [3.8, 4) is 17.2 Å². The third-order valence-corrected chi connectivity index (χ3v) is 4.39. The van der Waals surface area contributed by atoms with E-state index in [0.717, 1.165) is 22.9 Å². The van der Waals surface area contributed by atoms with Gasteiger partial charge in [-0.3, -0.25) is 0 Å². The minimum atomic E-state index is -0.919. The smallest absolute Gasteiger partial charge is 0.347 e. The standard InChI is InChI=1S/C15H15NO5S/c1-9-14(15(17)18)22-13(16-9)3-2-6-19-10-4-5-11-12(7-10)21-8-20-11/h4-5,7H,2-3,6,8H2,1H3,(H,17,18). The van der Waals surface area contributed by atoms with Gasteiger partial charge < -0.3 is 19.3 Å². The fraction of sp³-hybridized carbons (Fsp3) is 0.333. The minimum absolute atomic E-state index is 0.244. The van der Waals surface area contributed by atoms with Gasteiger partial charge in [-0.1, -0.05) is 0 Å². The largest absolute Gasteiger partial charge is 0.493 e. The summed E-state index contributed by atoms with van der Waals surface area (Å²) in [5, 5.41) is 9.82. The Morgan fingerprint density at radius 1 is 1.41 bits per heavy atom. The van der Waals surface area contributed by atoms with Crippen LogP contribution in [0.15, 0.2) is 18.2 Å². The number of carbonyl (C=O) groups is 1. The van der Waals surface area contributed by atoms with Crippen LogP contribution in [0.25, 0.3) is 0 Å². The molecule has 2 aromatic rings. The van der Waals surface area contributed by atoms with Crippen molar-refractivity contribution in [1.82, 2.24) is 4.98 Å². The van der Waals surface area contributed by atoms with Crippen molar-refractivity contribution < 1.29 is 24.1 Å². The molecule has 1 aromatic carbocycles. The van der Waals surface area contributed by atoms with Crippen molar-refractivity contribution in [3.05, 3.63) is 33.8 Å². The van der Waals surface area contributed by atoms with E-state index in [4.69, 9.17) is 19.3 Å². The molecule has 1 aromatic heterocycles. The molecule has 0 atom stereocenters. The lowest BCUT2D eigenvalue weighted by atomic mass is 10.3. The van der Waals surface area contributed by atoms with Crippen molar-refractivity contribution in [2.24, 2.45) is 0 Å². The number of carboxylic acid groups (broad SMARTS) is 1. The maximum absolute atomic E-state index is 11.0. The summed E-state index contributed by atoms with van der Waals surface area (Å²) in [5.74, 6) is 1.23. The van der Waals surface area contributed by atoms with E-state index in [9.17, 15) is 4.79 Å². The Hall–Kier alpha value is -2.28. The summed E-state index contributed by atoms with van der Waals surface area (Å²) in [6, 6.07) is 5.46. The van der Waals surface area contributed by atoms with Crippen molar-refractivity contribution in [2.45, 2.75) is 19.8 Å². The van der Waals surface area contributed by atoms with E-state index in [2.05, 4.69) is 4.98 Å². The van der Waals surface area contributed by atoms with Gasteiger partial charge in [0.15, 0.2) is 11.5 Å². The molecule has 1 aliphatic heterocycles. The van der Waals surface area contributed by atoms with Crippen LogP contribution in [0.1, 0.15) is 26.8 Å². The molecule has 0 unspecified atom stereocenters. The number of benzene rings is 1. The van der Waals surface area contributed by atoms with Crippen molar-refractivity contribution in [2.75, 3.05) is 13.4 Å². The number of aromatic carboxylic acids is 1. The number of aromatic nitrogens is 1. The molecule has 7 heteroatoms. The molecule has 116 valence electrons. The van der Waals surface area contributed by atoms with Gasteiger partial charge in [0.1, 0.15) is 10.6 Å². The van der Waals surface area contributed by atoms with E-state index in [1.54, 1.807) is 13.0 Å². The van der Waals surface area contributed by atoms with E-state index in [1.165, 1.54) is 11.3 Å². The number of thiazole rings is 1. The number of nitrogens with zero attached hydrogens (tertiary/aromatic N) is 1. The molecule has 6 nitrogen and oxygen atoms in total. The summed E-state index contributed by atoms with van der Waals surface area (Å²) >= 11 is 1.23. The molecule has 0 aliphatic carbocycles. The number of rotatable bonds is 6. The van der Waals surface area contributed by atoms with Crippen LogP contribution < -0.4 is 14.2 Å². The van der Waals surface area contributed by atoms with Crippen molar-refractivity contribution in [3.63, 3.8) is 0 Å². The second-order valence-electron chi connectivity index (χ2n) is 4.79. The summed E-state index contributed by atoms with van der Waals surface area (Å²) in [7, 11) is 0. The van der Waals surface area contributed by atoms with Crippen LogP contribution in [0.2, 0.25) is 0 Å². The predicted octanol–water partition coefficient (Wildman–Crippen LogP) is 2.89. The summed E-state index contributed by atoms with van der Waals surface area (Å²) < 4.78 is 16.2. The number of carboxylic acids is 1. The number of fused-ring (bicyclic) bond motifs is 1. The normalized spacial score (nSPS) is 12.4. The van der Waals surface area contributed by atoms with Crippen LogP contribution in [0.4, 0.5) is 0 Å². The Labute approximate surface area is 131 Å². The highest BCUT2D eigenvalue weighted by Gasteiger charge is 2.15. The lowest BCUT2D eigenvalue weighted by Crippen LogP contribution is -1.99. The van der Waals surface area contributed by atoms with Crippen molar-refractivity contribution in [1.29, 1.82) is 0 Å². The van der Waals surface area contributed by atoms with E-state index in [0.29, 0.717) is 29.3 Å². The van der Waals surface area contributed by atoms with Gasteiger partial charge in [0, 0.05) is 12.5 Å². The Bertz CT molecular complexity index is 697. The second kappa shape index (κ2) is 6.23. The summed E-state index contributed by atoms with van der Waals surface area (Å²) in [4.78, 5) is 15.5. The van der Waals surface area contributed by atoms with E-state index < -0.39 is 5.97 Å². The Morgan fingerprint density at radius 3 is 3.00 bits per heavy atom. The second-order valence-corrected chi connectivity index (χ2v) is 5.88. The maximum Gasteiger partial charge on any atom is 0.347 e. The third kappa shape index (κ3) is 3.14. The third-order valence-electron chi connectivity index (χ3n) is 3.18. The summed E-state index contributed by atoms with van der Waals surface area (Å²) in [6.07, 6.45) is 1.46. The number of ether oxygens (including phenoxy) is 3. The zero-order valence-electron chi connectivity index (χ0n) is 12.0. The molecule has 22 heavy (non-hydrogen) atoms. The molecule has 0 saturated heterocycles. The van der Waals surface area contributed by atoms with Gasteiger partial charge in [-0.15, -0.1) is 11.3 Å². The van der Waals surface area contributed by atoms with Crippen LogP contribution in [0, 0.1) is 6.92 Å². The average molecular weight is 321 g/mol. The van der Waals surface area contributed by atoms with Crippen LogP contribution in [-0.2, 0) is 6.42 Å². The molecule has 0 bridgehead atoms. The van der Waals surface area contributed by atoms with Crippen LogP contribution in [0.5, 0.6) is 17.2 Å². The Balaban J connectivity index is 1.49. The molecule has 2 heterocycles. The molecule has 0 fully saturated rings. The quantitative estimate of drug-likeness (QED) is 0.824. The molecule has 0 saturated carbocycles. The Kier molecular flexibility index (Phi) is 4.15. The fourth-order valence-electron chi connectivity index (χ4n) is 2.14. The zero-order chi connectivity index (χ0) is 15.5. The predicted molar refractivity (Wildman–Crippen MR) is 80.2 cm³/mol. The summed E-state index contributed by atoms with van der Waals surface area (Å²) in [5.41, 5.74) is 0.573. The number of aryl methyl sites for hydroxylation is 2. The van der Waals surface area contributed by atoms with Crippen LogP contribution in [0.3, 0.4) is 0 Å². The SMILES string of the molecule is Cc1nc(CCCOc2ccc3c(c2)OCO3)sc1C(=O)O. The lowest BCUT2D eigenvalue weighted by molar-refractivity contribution is 0.0701. The van der Waals surface area contributed by atoms with E-state index in [-0.39, 0.29) is 6.79 Å². The minimum Gasteiger partial charge on any atom is -0.493 e. The van der Waals surface area contributed by atoms with Gasteiger partial charge in [-0.05, 0) is 25.5 Å². The average Bonchev–Trinajstić information content (AvgIpc) is 3.09. The number of hydrogen-bond donors (Lipinski definition) is 1. The molecule has 3 rings (SSSR count). The maximum atomic E-state index is 11.0. The summed E-state index contributed by atoms with van der Waals surface area (Å²) in [6.45, 7) is 2.49. The van der Waals surface area contributed by atoms with Crippen LogP contribution in [-0.4, -0.2) is 29.5 Å². The molecule has 1 aliphatic rings. The number of hydrogen-bond acceptors (Lipinski definition) is 6. The molecular formula is C15H15NO5S. The highest BCUT2D eigenvalue weighted by molar-refractivity contribution is 7.13. The van der Waals surface area contributed by atoms with Gasteiger partial charge in [-0.25, -0.2) is 9.78 Å². The zero-order valence-corrected chi connectivity index (χ0v) is 12.8. The topological polar surface area (TPSA) is 77.9 Å². The van der Waals surface area contributed by atoms with Gasteiger partial charge in [-0.2, -0.15) is 0 Å². The monoisotopic (exact) mass is 321 g/mol. The highest BCUT2D eigenvalue weighted by Crippen LogP contribution is 2.35. The molecule has 1 N–H and O–H groups in total. The van der Waals surface area contributed by atoms with Gasteiger partial charge in [0.25, 0.3) is 0 Å². The van der Waals surface area contributed by atoms with Gasteiger partial charge in [0.05, 0.1) is 17.3 Å². The fourth-order valence-corrected chi connectivity index (χ4v) is 3.08. The van der Waals surface area contributed by atoms with Crippen molar-refractivity contribution >= 4 is 17.3 Å². The Morgan fingerprint density at radius 2 is 2.23 bits per heavy atom. The van der Waals surface area contributed by atoms with E-state index in [1.807, 2.05) is 12.1 Å². The first-order chi connectivity index (χ1) is 10.6. The highest BCUT2D eigenvalue weighted by atomic mass is 32.1. The molecule has 0 amide bonds. The lowest BCUT2D eigenvalue weighted by Gasteiger charge is -2.06. The van der Waals surface area contributed by atoms with E-state index >= 15 is 0 Å². The molecule has 0 radical (unpaired) electrons. The molecular weight excluding hydrogens is 306 g/mol. The first-order valence-corrected chi connectivity index (χ1v) is 7.67. The first kappa shape index (κ1) is 14.6. The van der Waals surface area contributed by atoms with Crippen LogP contribution >= 0.6 is 11.3 Å². The molecule has 0 spiro atoms. The van der Waals surface area contributed by atoms with Gasteiger partial charge >= 0.3 is 5.97 Å².